The fraction of sp³-hybridized carbons (Fsp3) is 0.600. The molecule has 1 aromatic carbocycles. The van der Waals surface area contributed by atoms with Crippen molar-refractivity contribution in [1.29, 1.82) is 0 Å². The largest absolute Gasteiger partial charge is 0.395 e. The molecule has 2 rings (SSSR count). The summed E-state index contributed by atoms with van der Waals surface area (Å²) in [7, 11) is 0. The summed E-state index contributed by atoms with van der Waals surface area (Å²) in [6.07, 6.45) is 3.11. The lowest BCUT2D eigenvalue weighted by Gasteiger charge is -2.35. The summed E-state index contributed by atoms with van der Waals surface area (Å²) in [6, 6.07) is 7.09. The first-order chi connectivity index (χ1) is 9.17. The second kappa shape index (κ2) is 6.46. The van der Waals surface area contributed by atoms with Gasteiger partial charge in [-0.15, -0.1) is 0 Å². The van der Waals surface area contributed by atoms with Gasteiger partial charge in [0.05, 0.1) is 12.6 Å². The fourth-order valence-corrected chi connectivity index (χ4v) is 2.67. The Morgan fingerprint density at radius 1 is 1.47 bits per heavy atom. The minimum absolute atomic E-state index is 0.0136. The van der Waals surface area contributed by atoms with Crippen molar-refractivity contribution < 1.29 is 9.50 Å². The van der Waals surface area contributed by atoms with Gasteiger partial charge < -0.3 is 10.8 Å². The predicted molar refractivity (Wildman–Crippen MR) is 74.2 cm³/mol. The third-order valence-electron chi connectivity index (χ3n) is 3.80. The van der Waals surface area contributed by atoms with E-state index in [-0.39, 0.29) is 24.5 Å². The highest BCUT2D eigenvalue weighted by molar-refractivity contribution is 5.22. The van der Waals surface area contributed by atoms with Gasteiger partial charge in [-0.3, -0.25) is 4.90 Å². The van der Waals surface area contributed by atoms with E-state index in [4.69, 9.17) is 5.73 Å². The van der Waals surface area contributed by atoms with Crippen molar-refractivity contribution in [3.8, 4) is 0 Å². The van der Waals surface area contributed by atoms with Gasteiger partial charge in [0, 0.05) is 18.6 Å². The Hall–Kier alpha value is -0.970. The van der Waals surface area contributed by atoms with Crippen molar-refractivity contribution in [3.05, 3.63) is 35.6 Å². The Morgan fingerprint density at radius 3 is 2.74 bits per heavy atom. The molecule has 1 fully saturated rings. The van der Waals surface area contributed by atoms with Gasteiger partial charge in [0.25, 0.3) is 0 Å². The molecule has 0 aliphatic heterocycles. The highest BCUT2D eigenvalue weighted by Gasteiger charge is 2.36. The quantitative estimate of drug-likeness (QED) is 0.794. The molecular weight excluding hydrogens is 243 g/mol. The molecule has 0 radical (unpaired) electrons. The first-order valence-corrected chi connectivity index (χ1v) is 7.05. The first-order valence-electron chi connectivity index (χ1n) is 7.05. The second-order valence-corrected chi connectivity index (χ2v) is 5.26. The summed E-state index contributed by atoms with van der Waals surface area (Å²) in [6.45, 7) is 2.75. The van der Waals surface area contributed by atoms with Crippen molar-refractivity contribution >= 4 is 0 Å². The van der Waals surface area contributed by atoms with E-state index < -0.39 is 0 Å². The van der Waals surface area contributed by atoms with Crippen LogP contribution in [0, 0.1) is 5.82 Å². The average molecular weight is 266 g/mol. The maximum absolute atomic E-state index is 13.5. The molecule has 19 heavy (non-hydrogen) atoms. The van der Waals surface area contributed by atoms with E-state index in [1.165, 1.54) is 6.07 Å². The van der Waals surface area contributed by atoms with Crippen molar-refractivity contribution in [2.75, 3.05) is 13.2 Å². The number of nitrogens with two attached hydrogens (primary N) is 1. The van der Waals surface area contributed by atoms with Crippen molar-refractivity contribution in [2.24, 2.45) is 5.73 Å². The highest BCUT2D eigenvalue weighted by atomic mass is 19.1. The van der Waals surface area contributed by atoms with Crippen LogP contribution in [0.5, 0.6) is 0 Å². The fourth-order valence-electron chi connectivity index (χ4n) is 2.67. The molecule has 1 saturated carbocycles. The average Bonchev–Trinajstić information content (AvgIpc) is 3.22. The number of hydrogen-bond donors (Lipinski definition) is 2. The van der Waals surface area contributed by atoms with E-state index >= 15 is 0 Å². The maximum atomic E-state index is 13.5. The van der Waals surface area contributed by atoms with E-state index in [0.717, 1.165) is 24.8 Å². The van der Waals surface area contributed by atoms with Gasteiger partial charge in [-0.05, 0) is 37.0 Å². The summed E-state index contributed by atoms with van der Waals surface area (Å²) < 4.78 is 13.5. The molecule has 3 N–H and O–H groups in total. The van der Waals surface area contributed by atoms with E-state index in [1.54, 1.807) is 12.1 Å². The molecule has 2 unspecified atom stereocenters. The van der Waals surface area contributed by atoms with Crippen molar-refractivity contribution in [2.45, 2.75) is 44.3 Å². The van der Waals surface area contributed by atoms with Crippen LogP contribution in [0.25, 0.3) is 0 Å². The van der Waals surface area contributed by atoms with E-state index in [1.807, 2.05) is 13.0 Å². The van der Waals surface area contributed by atoms with Gasteiger partial charge in [0.15, 0.2) is 0 Å². The minimum Gasteiger partial charge on any atom is -0.395 e. The van der Waals surface area contributed by atoms with Crippen LogP contribution >= 0.6 is 0 Å². The molecule has 0 heterocycles. The lowest BCUT2D eigenvalue weighted by molar-refractivity contribution is 0.124. The molecule has 0 amide bonds. The maximum Gasteiger partial charge on any atom is 0.123 e. The minimum atomic E-state index is -0.231. The van der Waals surface area contributed by atoms with Crippen LogP contribution in [0.1, 0.15) is 37.8 Å². The second-order valence-electron chi connectivity index (χ2n) is 5.26. The third kappa shape index (κ3) is 3.53. The number of hydrogen-bond acceptors (Lipinski definition) is 3. The Bertz CT molecular complexity index is 409. The summed E-state index contributed by atoms with van der Waals surface area (Å²) in [4.78, 5) is 2.24. The molecular formula is C15H23FN2O. The standard InChI is InChI=1S/C15H23FN2O/c1-2-14(17)15(11-4-3-5-12(16)10-11)18(8-9-19)13-6-7-13/h3-5,10,13-15,19H,2,6-9,17H2,1H3. The smallest absolute Gasteiger partial charge is 0.123 e. The number of nitrogens with zero attached hydrogens (tertiary/aromatic N) is 1. The monoisotopic (exact) mass is 266 g/mol. The van der Waals surface area contributed by atoms with Crippen LogP contribution in [0.15, 0.2) is 24.3 Å². The number of rotatable bonds is 7. The molecule has 1 aliphatic carbocycles. The number of benzene rings is 1. The molecule has 0 bridgehead atoms. The number of aliphatic hydroxyl groups excluding tert-OH is 1. The van der Waals surface area contributed by atoms with Crippen LogP contribution in [0.3, 0.4) is 0 Å². The molecule has 106 valence electrons. The zero-order chi connectivity index (χ0) is 13.8. The molecule has 0 spiro atoms. The lowest BCUT2D eigenvalue weighted by atomic mass is 9.96. The first kappa shape index (κ1) is 14.4. The van der Waals surface area contributed by atoms with Crippen molar-refractivity contribution in [1.82, 2.24) is 4.90 Å². The van der Waals surface area contributed by atoms with Crippen molar-refractivity contribution in [3.63, 3.8) is 0 Å². The van der Waals surface area contributed by atoms with Gasteiger partial charge in [-0.25, -0.2) is 4.39 Å². The van der Waals surface area contributed by atoms with Gasteiger partial charge in [-0.1, -0.05) is 19.1 Å². The SMILES string of the molecule is CCC(N)C(c1cccc(F)c1)N(CCO)C1CC1. The summed E-state index contributed by atoms with van der Waals surface area (Å²) in [5, 5.41) is 9.26. The van der Waals surface area contributed by atoms with Gasteiger partial charge in [0.1, 0.15) is 5.82 Å². The summed E-state index contributed by atoms with van der Waals surface area (Å²) in [5.74, 6) is -0.231. The molecule has 0 saturated heterocycles. The Kier molecular flexibility index (Phi) is 4.91. The van der Waals surface area contributed by atoms with Crippen LogP contribution in [0.2, 0.25) is 0 Å². The highest BCUT2D eigenvalue weighted by Crippen LogP contribution is 2.36. The molecule has 0 aromatic heterocycles. The molecule has 1 aromatic rings. The number of halogens is 1. The van der Waals surface area contributed by atoms with E-state index in [9.17, 15) is 9.50 Å². The topological polar surface area (TPSA) is 49.5 Å². The van der Waals surface area contributed by atoms with Gasteiger partial charge in [-0.2, -0.15) is 0 Å². The zero-order valence-electron chi connectivity index (χ0n) is 11.4. The van der Waals surface area contributed by atoms with Crippen LogP contribution in [-0.4, -0.2) is 35.2 Å². The lowest BCUT2D eigenvalue weighted by Crippen LogP contribution is -2.43. The third-order valence-corrected chi connectivity index (χ3v) is 3.80. The Balaban J connectivity index is 2.28. The van der Waals surface area contributed by atoms with Gasteiger partial charge >= 0.3 is 0 Å². The predicted octanol–water partition coefficient (Wildman–Crippen LogP) is 2.06. The normalized spacial score (nSPS) is 18.6. The Labute approximate surface area is 114 Å². The van der Waals surface area contributed by atoms with E-state index in [2.05, 4.69) is 4.90 Å². The molecule has 2 atom stereocenters. The van der Waals surface area contributed by atoms with Crippen LogP contribution < -0.4 is 5.73 Å². The zero-order valence-corrected chi connectivity index (χ0v) is 11.4. The molecule has 4 heteroatoms. The van der Waals surface area contributed by atoms with Crippen LogP contribution in [0.4, 0.5) is 4.39 Å². The molecule has 3 nitrogen and oxygen atoms in total. The van der Waals surface area contributed by atoms with Crippen LogP contribution in [-0.2, 0) is 0 Å². The van der Waals surface area contributed by atoms with Gasteiger partial charge in [0.2, 0.25) is 0 Å². The summed E-state index contributed by atoms with van der Waals surface area (Å²) in [5.41, 5.74) is 7.16. The van der Waals surface area contributed by atoms with E-state index in [0.29, 0.717) is 12.6 Å². The summed E-state index contributed by atoms with van der Waals surface area (Å²) >= 11 is 0. The Morgan fingerprint density at radius 2 is 2.21 bits per heavy atom. The number of aliphatic hydroxyl groups is 1. The molecule has 1 aliphatic rings.